The average Bonchev–Trinajstić information content (AvgIpc) is 2.35. The highest BCUT2D eigenvalue weighted by atomic mass is 16.5. The summed E-state index contributed by atoms with van der Waals surface area (Å²) in [4.78, 5) is 8.63. The summed E-state index contributed by atoms with van der Waals surface area (Å²) in [6.45, 7) is 5.63. The van der Waals surface area contributed by atoms with Crippen LogP contribution >= 0.6 is 0 Å². The van der Waals surface area contributed by atoms with Gasteiger partial charge in [0, 0.05) is 41.2 Å². The van der Waals surface area contributed by atoms with Gasteiger partial charge in [-0.3, -0.25) is 4.99 Å². The molecule has 0 saturated carbocycles. The van der Waals surface area contributed by atoms with E-state index in [0.29, 0.717) is 6.61 Å². The van der Waals surface area contributed by atoms with Gasteiger partial charge in [-0.15, -0.1) is 0 Å². The Bertz CT molecular complexity index is 423. The zero-order chi connectivity index (χ0) is 15.1. The molecule has 0 atom stereocenters. The van der Waals surface area contributed by atoms with Gasteiger partial charge >= 0.3 is 0 Å². The molecule has 112 valence electrons. The summed E-state index contributed by atoms with van der Waals surface area (Å²) in [5.74, 6) is 1.99. The van der Waals surface area contributed by atoms with Crippen LogP contribution in [0.25, 0.3) is 0 Å². The van der Waals surface area contributed by atoms with Crippen LogP contribution in [0.15, 0.2) is 23.2 Å². The third-order valence-electron chi connectivity index (χ3n) is 3.01. The van der Waals surface area contributed by atoms with Crippen molar-refractivity contribution in [3.63, 3.8) is 0 Å². The van der Waals surface area contributed by atoms with Crippen LogP contribution in [0.5, 0.6) is 5.75 Å². The van der Waals surface area contributed by atoms with Crippen LogP contribution in [0.2, 0.25) is 0 Å². The van der Waals surface area contributed by atoms with E-state index in [4.69, 9.17) is 4.74 Å². The van der Waals surface area contributed by atoms with Crippen LogP contribution in [0.4, 0.5) is 0 Å². The molecule has 0 bridgehead atoms. The molecule has 0 spiro atoms. The van der Waals surface area contributed by atoms with Crippen molar-refractivity contribution < 1.29 is 4.74 Å². The molecule has 0 amide bonds. The van der Waals surface area contributed by atoms with Crippen LogP contribution in [0.3, 0.4) is 0 Å². The van der Waals surface area contributed by atoms with E-state index in [-0.39, 0.29) is 0 Å². The van der Waals surface area contributed by atoms with Gasteiger partial charge in [0.2, 0.25) is 0 Å². The maximum absolute atomic E-state index is 5.87. The Morgan fingerprint density at radius 3 is 2.10 bits per heavy atom. The molecule has 0 aliphatic rings. The minimum absolute atomic E-state index is 0.698. The minimum atomic E-state index is 0.698. The van der Waals surface area contributed by atoms with E-state index in [0.717, 1.165) is 24.7 Å². The van der Waals surface area contributed by atoms with E-state index < -0.39 is 0 Å². The van der Waals surface area contributed by atoms with Gasteiger partial charge in [-0.1, -0.05) is 18.2 Å². The summed E-state index contributed by atoms with van der Waals surface area (Å²) in [6, 6.07) is 6.22. The first-order chi connectivity index (χ1) is 9.43. The number of rotatable bonds is 5. The number of aliphatic imine (C=N–C) groups is 1. The highest BCUT2D eigenvalue weighted by Gasteiger charge is 2.04. The van der Waals surface area contributed by atoms with Crippen molar-refractivity contribution in [3.05, 3.63) is 29.3 Å². The number of hydrogen-bond acceptors (Lipinski definition) is 2. The predicted molar refractivity (Wildman–Crippen MR) is 85.7 cm³/mol. The van der Waals surface area contributed by atoms with Crippen molar-refractivity contribution in [3.8, 4) is 5.75 Å². The summed E-state index contributed by atoms with van der Waals surface area (Å²) in [5, 5.41) is 0. The third-order valence-corrected chi connectivity index (χ3v) is 3.01. The van der Waals surface area contributed by atoms with E-state index in [1.165, 1.54) is 11.1 Å². The summed E-state index contributed by atoms with van der Waals surface area (Å²) < 4.78 is 5.87. The SMILES string of the molecule is Cc1cccc(C)c1OCCCN=C(N(C)C)N(C)C. The molecule has 0 N–H and O–H groups in total. The fourth-order valence-corrected chi connectivity index (χ4v) is 2.13. The second-order valence-electron chi connectivity index (χ2n) is 5.39. The highest BCUT2D eigenvalue weighted by Crippen LogP contribution is 2.22. The van der Waals surface area contributed by atoms with Gasteiger partial charge in [-0.25, -0.2) is 0 Å². The van der Waals surface area contributed by atoms with Crippen LogP contribution in [0, 0.1) is 13.8 Å². The molecule has 0 unspecified atom stereocenters. The standard InChI is InChI=1S/C16H27N3O/c1-13-9-7-10-14(2)15(13)20-12-8-11-17-16(18(3)4)19(5)6/h7,9-10H,8,11-12H2,1-6H3. The highest BCUT2D eigenvalue weighted by molar-refractivity contribution is 5.79. The lowest BCUT2D eigenvalue weighted by atomic mass is 10.1. The van der Waals surface area contributed by atoms with Gasteiger partial charge in [0.15, 0.2) is 5.96 Å². The molecule has 0 aliphatic heterocycles. The Balaban J connectivity index is 2.44. The summed E-state index contributed by atoms with van der Waals surface area (Å²) >= 11 is 0. The van der Waals surface area contributed by atoms with Crippen molar-refractivity contribution >= 4 is 5.96 Å². The Morgan fingerprint density at radius 2 is 1.60 bits per heavy atom. The maximum atomic E-state index is 5.87. The maximum Gasteiger partial charge on any atom is 0.195 e. The molecule has 1 rings (SSSR count). The van der Waals surface area contributed by atoms with Crippen LogP contribution < -0.4 is 4.74 Å². The number of benzene rings is 1. The first-order valence-corrected chi connectivity index (χ1v) is 7.01. The number of guanidine groups is 1. The molecular formula is C16H27N3O. The van der Waals surface area contributed by atoms with Crippen molar-refractivity contribution in [1.82, 2.24) is 9.80 Å². The molecule has 1 aromatic carbocycles. The predicted octanol–water partition coefficient (Wildman–Crippen LogP) is 2.55. The molecule has 0 aromatic heterocycles. The molecule has 20 heavy (non-hydrogen) atoms. The zero-order valence-corrected chi connectivity index (χ0v) is 13.6. The Labute approximate surface area is 123 Å². The van der Waals surface area contributed by atoms with Gasteiger partial charge in [0.25, 0.3) is 0 Å². The number of hydrogen-bond donors (Lipinski definition) is 0. The van der Waals surface area contributed by atoms with Gasteiger partial charge < -0.3 is 14.5 Å². The molecule has 0 radical (unpaired) electrons. The van der Waals surface area contributed by atoms with E-state index in [2.05, 4.69) is 37.0 Å². The number of ether oxygens (including phenoxy) is 1. The molecule has 4 heteroatoms. The Kier molecular flexibility index (Phi) is 6.36. The van der Waals surface area contributed by atoms with Gasteiger partial charge in [-0.05, 0) is 25.0 Å². The van der Waals surface area contributed by atoms with Crippen LogP contribution in [-0.4, -0.2) is 57.1 Å². The first-order valence-electron chi connectivity index (χ1n) is 7.01. The normalized spacial score (nSPS) is 10.1. The van der Waals surface area contributed by atoms with Crippen molar-refractivity contribution in [2.75, 3.05) is 41.3 Å². The summed E-state index contributed by atoms with van der Waals surface area (Å²) in [7, 11) is 8.02. The average molecular weight is 277 g/mol. The van der Waals surface area contributed by atoms with E-state index in [9.17, 15) is 0 Å². The van der Waals surface area contributed by atoms with Crippen LogP contribution in [0.1, 0.15) is 17.5 Å². The van der Waals surface area contributed by atoms with Gasteiger partial charge in [0.1, 0.15) is 5.75 Å². The molecule has 4 nitrogen and oxygen atoms in total. The quantitative estimate of drug-likeness (QED) is 0.470. The molecule has 0 aliphatic carbocycles. The third kappa shape index (κ3) is 4.76. The lowest BCUT2D eigenvalue weighted by Gasteiger charge is -2.22. The molecule has 0 fully saturated rings. The van der Waals surface area contributed by atoms with Gasteiger partial charge in [-0.2, -0.15) is 0 Å². The lowest BCUT2D eigenvalue weighted by Crippen LogP contribution is -2.35. The summed E-state index contributed by atoms with van der Waals surface area (Å²) in [6.07, 6.45) is 0.916. The monoisotopic (exact) mass is 277 g/mol. The van der Waals surface area contributed by atoms with Gasteiger partial charge in [0.05, 0.1) is 6.61 Å². The zero-order valence-electron chi connectivity index (χ0n) is 13.6. The fraction of sp³-hybridized carbons (Fsp3) is 0.562. The minimum Gasteiger partial charge on any atom is -0.493 e. The van der Waals surface area contributed by atoms with Crippen molar-refractivity contribution in [2.45, 2.75) is 20.3 Å². The second kappa shape index (κ2) is 7.78. The topological polar surface area (TPSA) is 28.1 Å². The van der Waals surface area contributed by atoms with E-state index in [1.54, 1.807) is 0 Å². The number of aryl methyl sites for hydroxylation is 2. The summed E-state index contributed by atoms with van der Waals surface area (Å²) in [5.41, 5.74) is 2.38. The lowest BCUT2D eigenvalue weighted by molar-refractivity contribution is 0.309. The number of para-hydroxylation sites is 1. The molecule has 0 heterocycles. The van der Waals surface area contributed by atoms with Crippen molar-refractivity contribution in [1.29, 1.82) is 0 Å². The number of nitrogens with zero attached hydrogens (tertiary/aromatic N) is 3. The molecular weight excluding hydrogens is 250 g/mol. The second-order valence-corrected chi connectivity index (χ2v) is 5.39. The first kappa shape index (κ1) is 16.3. The van der Waals surface area contributed by atoms with Crippen molar-refractivity contribution in [2.24, 2.45) is 4.99 Å². The Hall–Kier alpha value is -1.71. The molecule has 0 saturated heterocycles. The van der Waals surface area contributed by atoms with E-state index in [1.807, 2.05) is 38.0 Å². The van der Waals surface area contributed by atoms with Crippen LogP contribution in [-0.2, 0) is 0 Å². The smallest absolute Gasteiger partial charge is 0.195 e. The largest absolute Gasteiger partial charge is 0.493 e. The Morgan fingerprint density at radius 1 is 1.05 bits per heavy atom. The van der Waals surface area contributed by atoms with E-state index >= 15 is 0 Å². The molecule has 1 aromatic rings. The fourth-order valence-electron chi connectivity index (χ4n) is 2.13.